The van der Waals surface area contributed by atoms with Gasteiger partial charge in [0.25, 0.3) is 0 Å². The van der Waals surface area contributed by atoms with Crippen LogP contribution in [-0.2, 0) is 17.9 Å². The zero-order valence-corrected chi connectivity index (χ0v) is 15.5. The molecule has 26 heavy (non-hydrogen) atoms. The van der Waals surface area contributed by atoms with Crippen LogP contribution in [0, 0.1) is 12.7 Å². The maximum Gasteiger partial charge on any atom is 0.217 e. The molecule has 1 heterocycles. The summed E-state index contributed by atoms with van der Waals surface area (Å²) in [6.07, 6.45) is 0. The molecule has 0 unspecified atom stereocenters. The molecular weight excluding hydrogens is 329 g/mol. The largest absolute Gasteiger partial charge is 0.369 e. The molecule has 138 valence electrons. The molecule has 0 aliphatic carbocycles. The predicted molar refractivity (Wildman–Crippen MR) is 103 cm³/mol. The first-order valence-electron chi connectivity index (χ1n) is 9.07. The average molecular weight is 355 g/mol. The van der Waals surface area contributed by atoms with E-state index in [-0.39, 0.29) is 11.7 Å². The minimum Gasteiger partial charge on any atom is -0.369 e. The van der Waals surface area contributed by atoms with E-state index in [1.807, 2.05) is 13.0 Å². The van der Waals surface area contributed by atoms with Crippen LogP contribution in [0.5, 0.6) is 0 Å². The number of piperazine rings is 1. The molecule has 0 aromatic heterocycles. The van der Waals surface area contributed by atoms with E-state index in [9.17, 15) is 9.18 Å². The van der Waals surface area contributed by atoms with Crippen molar-refractivity contribution in [2.24, 2.45) is 0 Å². The van der Waals surface area contributed by atoms with Crippen molar-refractivity contribution in [1.29, 1.82) is 0 Å². The molecule has 0 bridgehead atoms. The Bertz CT molecular complexity index is 752. The van der Waals surface area contributed by atoms with Gasteiger partial charge >= 0.3 is 0 Å². The molecule has 1 fully saturated rings. The van der Waals surface area contributed by atoms with Crippen molar-refractivity contribution >= 4 is 11.6 Å². The Balaban J connectivity index is 1.51. The number of rotatable bonds is 5. The van der Waals surface area contributed by atoms with E-state index in [1.54, 1.807) is 6.07 Å². The highest BCUT2D eigenvalue weighted by Gasteiger charge is 2.18. The van der Waals surface area contributed by atoms with E-state index in [4.69, 9.17) is 0 Å². The molecule has 1 aliphatic rings. The van der Waals surface area contributed by atoms with Crippen LogP contribution in [0.2, 0.25) is 0 Å². The highest BCUT2D eigenvalue weighted by Crippen LogP contribution is 2.22. The summed E-state index contributed by atoms with van der Waals surface area (Å²) in [7, 11) is 0. The maximum atomic E-state index is 13.3. The summed E-state index contributed by atoms with van der Waals surface area (Å²) in [5, 5.41) is 2.81. The number of aryl methyl sites for hydroxylation is 1. The van der Waals surface area contributed by atoms with Crippen molar-refractivity contribution in [2.75, 3.05) is 31.1 Å². The average Bonchev–Trinajstić information content (AvgIpc) is 2.62. The van der Waals surface area contributed by atoms with Crippen molar-refractivity contribution in [2.45, 2.75) is 26.9 Å². The van der Waals surface area contributed by atoms with Gasteiger partial charge in [-0.15, -0.1) is 0 Å². The zero-order chi connectivity index (χ0) is 18.5. The molecule has 0 saturated carbocycles. The lowest BCUT2D eigenvalue weighted by atomic mass is 10.1. The van der Waals surface area contributed by atoms with Crippen LogP contribution in [-0.4, -0.2) is 37.0 Å². The number of amides is 1. The number of benzene rings is 2. The van der Waals surface area contributed by atoms with Crippen LogP contribution < -0.4 is 10.2 Å². The van der Waals surface area contributed by atoms with Crippen molar-refractivity contribution < 1.29 is 9.18 Å². The van der Waals surface area contributed by atoms with Crippen molar-refractivity contribution in [3.63, 3.8) is 0 Å². The fraction of sp³-hybridized carbons (Fsp3) is 0.381. The second-order valence-electron chi connectivity index (χ2n) is 6.92. The SMILES string of the molecule is CC(=O)NCc1ccc(CN2CCN(c3ccc(F)cc3C)CC2)cc1. The van der Waals surface area contributed by atoms with Crippen LogP contribution in [0.1, 0.15) is 23.6 Å². The maximum absolute atomic E-state index is 13.3. The first kappa shape index (κ1) is 18.4. The molecule has 2 aromatic rings. The number of carbonyl (C=O) groups is 1. The standard InChI is InChI=1S/C21H26FN3O/c1-16-13-20(22)7-8-21(16)25-11-9-24(10-12-25)15-19-5-3-18(4-6-19)14-23-17(2)26/h3-8,13H,9-12,14-15H2,1-2H3,(H,23,26). The minimum atomic E-state index is -0.174. The summed E-state index contributed by atoms with van der Waals surface area (Å²) in [5.74, 6) is -0.185. The van der Waals surface area contributed by atoms with E-state index in [1.165, 1.54) is 18.6 Å². The van der Waals surface area contributed by atoms with Crippen molar-refractivity contribution in [1.82, 2.24) is 10.2 Å². The summed E-state index contributed by atoms with van der Waals surface area (Å²) in [6.45, 7) is 8.88. The molecular formula is C21H26FN3O. The highest BCUT2D eigenvalue weighted by molar-refractivity contribution is 5.72. The fourth-order valence-electron chi connectivity index (χ4n) is 3.37. The summed E-state index contributed by atoms with van der Waals surface area (Å²) in [4.78, 5) is 15.8. The third-order valence-electron chi connectivity index (χ3n) is 4.84. The topological polar surface area (TPSA) is 35.6 Å². The van der Waals surface area contributed by atoms with E-state index in [2.05, 4.69) is 39.4 Å². The molecule has 1 saturated heterocycles. The number of hydrogen-bond acceptors (Lipinski definition) is 3. The van der Waals surface area contributed by atoms with Gasteiger partial charge in [-0.25, -0.2) is 4.39 Å². The van der Waals surface area contributed by atoms with Gasteiger partial charge in [0, 0.05) is 51.9 Å². The Kier molecular flexibility index (Phi) is 5.89. The number of nitrogens with one attached hydrogen (secondary N) is 1. The van der Waals surface area contributed by atoms with Crippen LogP contribution in [0.3, 0.4) is 0 Å². The van der Waals surface area contributed by atoms with E-state index in [0.717, 1.165) is 49.5 Å². The van der Waals surface area contributed by atoms with Gasteiger partial charge in [-0.2, -0.15) is 0 Å². The molecule has 0 radical (unpaired) electrons. The second kappa shape index (κ2) is 8.32. The van der Waals surface area contributed by atoms with Gasteiger partial charge in [0.05, 0.1) is 0 Å². The summed E-state index contributed by atoms with van der Waals surface area (Å²) < 4.78 is 13.3. The van der Waals surface area contributed by atoms with Gasteiger partial charge in [-0.05, 0) is 41.8 Å². The number of nitrogens with zero attached hydrogens (tertiary/aromatic N) is 2. The predicted octanol–water partition coefficient (Wildman–Crippen LogP) is 3.09. The lowest BCUT2D eigenvalue weighted by molar-refractivity contribution is -0.119. The van der Waals surface area contributed by atoms with Gasteiger partial charge in [0.1, 0.15) is 5.82 Å². The molecule has 1 amide bonds. The summed E-state index contributed by atoms with van der Waals surface area (Å²) in [6, 6.07) is 13.4. The number of halogens is 1. The Morgan fingerprint density at radius 2 is 1.69 bits per heavy atom. The fourth-order valence-corrected chi connectivity index (χ4v) is 3.37. The van der Waals surface area contributed by atoms with Gasteiger partial charge in [0.15, 0.2) is 0 Å². The van der Waals surface area contributed by atoms with Crippen LogP contribution in [0.4, 0.5) is 10.1 Å². The van der Waals surface area contributed by atoms with Crippen LogP contribution >= 0.6 is 0 Å². The third-order valence-corrected chi connectivity index (χ3v) is 4.84. The van der Waals surface area contributed by atoms with E-state index in [0.29, 0.717) is 6.54 Å². The Morgan fingerprint density at radius 1 is 1.04 bits per heavy atom. The Labute approximate surface area is 154 Å². The summed E-state index contributed by atoms with van der Waals surface area (Å²) in [5.41, 5.74) is 4.52. The Morgan fingerprint density at radius 3 is 2.31 bits per heavy atom. The minimum absolute atomic E-state index is 0.0108. The molecule has 2 aromatic carbocycles. The quantitative estimate of drug-likeness (QED) is 0.895. The highest BCUT2D eigenvalue weighted by atomic mass is 19.1. The lowest BCUT2D eigenvalue weighted by Gasteiger charge is -2.36. The van der Waals surface area contributed by atoms with Gasteiger partial charge in [0.2, 0.25) is 5.91 Å². The summed E-state index contributed by atoms with van der Waals surface area (Å²) >= 11 is 0. The van der Waals surface area contributed by atoms with E-state index >= 15 is 0 Å². The van der Waals surface area contributed by atoms with Gasteiger partial charge in [-0.3, -0.25) is 9.69 Å². The van der Waals surface area contributed by atoms with Crippen molar-refractivity contribution in [3.8, 4) is 0 Å². The number of anilines is 1. The molecule has 3 rings (SSSR count). The monoisotopic (exact) mass is 355 g/mol. The molecule has 5 heteroatoms. The van der Waals surface area contributed by atoms with Crippen molar-refractivity contribution in [3.05, 3.63) is 65.0 Å². The smallest absolute Gasteiger partial charge is 0.217 e. The molecule has 0 spiro atoms. The lowest BCUT2D eigenvalue weighted by Crippen LogP contribution is -2.46. The first-order chi connectivity index (χ1) is 12.5. The van der Waals surface area contributed by atoms with Gasteiger partial charge < -0.3 is 10.2 Å². The van der Waals surface area contributed by atoms with Crippen LogP contribution in [0.15, 0.2) is 42.5 Å². The number of carbonyl (C=O) groups excluding carboxylic acids is 1. The first-order valence-corrected chi connectivity index (χ1v) is 9.07. The third kappa shape index (κ3) is 4.82. The Hall–Kier alpha value is -2.40. The zero-order valence-electron chi connectivity index (χ0n) is 15.5. The van der Waals surface area contributed by atoms with Gasteiger partial charge in [-0.1, -0.05) is 24.3 Å². The molecule has 0 atom stereocenters. The number of hydrogen-bond donors (Lipinski definition) is 1. The molecule has 4 nitrogen and oxygen atoms in total. The normalized spacial score (nSPS) is 15.1. The van der Waals surface area contributed by atoms with Crippen LogP contribution in [0.25, 0.3) is 0 Å². The molecule has 1 N–H and O–H groups in total. The second-order valence-corrected chi connectivity index (χ2v) is 6.92. The van der Waals surface area contributed by atoms with E-state index < -0.39 is 0 Å². The molecule has 1 aliphatic heterocycles.